The summed E-state index contributed by atoms with van der Waals surface area (Å²) in [7, 11) is 0. The van der Waals surface area contributed by atoms with Gasteiger partial charge in [0, 0.05) is 25.2 Å². The molecule has 7 heteroatoms. The maximum absolute atomic E-state index is 11.8. The van der Waals surface area contributed by atoms with Crippen molar-refractivity contribution in [3.63, 3.8) is 0 Å². The third-order valence-electron chi connectivity index (χ3n) is 3.09. The summed E-state index contributed by atoms with van der Waals surface area (Å²) in [5.74, 6) is 0.479. The molecule has 2 N–H and O–H groups in total. The minimum absolute atomic E-state index is 0.0647. The van der Waals surface area contributed by atoms with Gasteiger partial charge in [-0.3, -0.25) is 10.1 Å². The normalized spacial score (nSPS) is 18.5. The standard InChI is InChI=1S/C13H17ClN4O2/c1-8(2)18-7-10(5-12(18)19)16-13(20)17-11-4-3-9(14)6-15-11/h3-4,6,8,10H,5,7H2,1-2H3,(H2,15,16,17,20). The van der Waals surface area contributed by atoms with E-state index in [4.69, 9.17) is 11.6 Å². The van der Waals surface area contributed by atoms with E-state index in [1.807, 2.05) is 13.8 Å². The smallest absolute Gasteiger partial charge is 0.320 e. The Labute approximate surface area is 122 Å². The van der Waals surface area contributed by atoms with Crippen LogP contribution in [-0.4, -0.2) is 40.5 Å². The summed E-state index contributed by atoms with van der Waals surface area (Å²) < 4.78 is 0. The number of carbonyl (C=O) groups is 2. The lowest BCUT2D eigenvalue weighted by atomic mass is 10.2. The molecule has 1 atom stereocenters. The van der Waals surface area contributed by atoms with Crippen LogP contribution >= 0.6 is 11.6 Å². The first-order valence-electron chi connectivity index (χ1n) is 6.44. The number of nitrogens with one attached hydrogen (secondary N) is 2. The lowest BCUT2D eigenvalue weighted by molar-refractivity contribution is -0.129. The van der Waals surface area contributed by atoms with E-state index in [0.717, 1.165) is 0 Å². The first kappa shape index (κ1) is 14.6. The van der Waals surface area contributed by atoms with Crippen molar-refractivity contribution in [2.24, 2.45) is 0 Å². The van der Waals surface area contributed by atoms with E-state index in [-0.39, 0.29) is 24.0 Å². The van der Waals surface area contributed by atoms with Crippen molar-refractivity contribution in [1.29, 1.82) is 0 Å². The summed E-state index contributed by atoms with van der Waals surface area (Å²) in [6, 6.07) is 2.86. The molecular formula is C13H17ClN4O2. The average Bonchev–Trinajstić information content (AvgIpc) is 2.73. The SMILES string of the molecule is CC(C)N1CC(NC(=O)Nc2ccc(Cl)cn2)CC1=O. The van der Waals surface area contributed by atoms with Crippen molar-refractivity contribution in [2.45, 2.75) is 32.4 Å². The van der Waals surface area contributed by atoms with E-state index in [1.165, 1.54) is 6.20 Å². The molecule has 1 aliphatic heterocycles. The lowest BCUT2D eigenvalue weighted by Gasteiger charge is -2.21. The highest BCUT2D eigenvalue weighted by atomic mass is 35.5. The van der Waals surface area contributed by atoms with Gasteiger partial charge in [-0.1, -0.05) is 11.6 Å². The minimum atomic E-state index is -0.372. The van der Waals surface area contributed by atoms with Crippen LogP contribution in [0.5, 0.6) is 0 Å². The van der Waals surface area contributed by atoms with Crippen LogP contribution in [0.25, 0.3) is 0 Å². The van der Waals surface area contributed by atoms with Crippen molar-refractivity contribution in [2.75, 3.05) is 11.9 Å². The molecule has 0 aromatic carbocycles. The minimum Gasteiger partial charge on any atom is -0.338 e. The molecule has 2 heterocycles. The zero-order valence-electron chi connectivity index (χ0n) is 11.4. The van der Waals surface area contributed by atoms with Gasteiger partial charge in [-0.2, -0.15) is 0 Å². The fourth-order valence-corrected chi connectivity index (χ4v) is 2.23. The maximum Gasteiger partial charge on any atom is 0.320 e. The van der Waals surface area contributed by atoms with Gasteiger partial charge < -0.3 is 10.2 Å². The quantitative estimate of drug-likeness (QED) is 0.894. The van der Waals surface area contributed by atoms with Crippen molar-refractivity contribution in [3.8, 4) is 0 Å². The van der Waals surface area contributed by atoms with E-state index in [2.05, 4.69) is 15.6 Å². The summed E-state index contributed by atoms with van der Waals surface area (Å²) >= 11 is 5.71. The number of halogens is 1. The molecule has 0 radical (unpaired) electrons. The lowest BCUT2D eigenvalue weighted by Crippen LogP contribution is -2.40. The average molecular weight is 297 g/mol. The molecule has 108 valence electrons. The zero-order chi connectivity index (χ0) is 14.7. The molecule has 0 spiro atoms. The fourth-order valence-electron chi connectivity index (χ4n) is 2.11. The molecule has 1 aromatic rings. The van der Waals surface area contributed by atoms with Crippen LogP contribution in [0.2, 0.25) is 5.02 Å². The molecule has 1 saturated heterocycles. The molecule has 0 bridgehead atoms. The predicted octanol–water partition coefficient (Wildman–Crippen LogP) is 1.87. The van der Waals surface area contributed by atoms with Gasteiger partial charge in [-0.05, 0) is 26.0 Å². The van der Waals surface area contributed by atoms with Crippen LogP contribution in [0.3, 0.4) is 0 Å². The summed E-state index contributed by atoms with van der Waals surface area (Å²) in [6.07, 6.45) is 1.79. The number of aromatic nitrogens is 1. The van der Waals surface area contributed by atoms with Crippen molar-refractivity contribution >= 4 is 29.4 Å². The van der Waals surface area contributed by atoms with Gasteiger partial charge in [0.1, 0.15) is 5.82 Å². The van der Waals surface area contributed by atoms with E-state index < -0.39 is 0 Å². The first-order valence-corrected chi connectivity index (χ1v) is 6.82. The molecule has 0 saturated carbocycles. The second-order valence-electron chi connectivity index (χ2n) is 5.00. The molecule has 3 amide bonds. The van der Waals surface area contributed by atoms with Crippen LogP contribution < -0.4 is 10.6 Å². The molecular weight excluding hydrogens is 280 g/mol. The van der Waals surface area contributed by atoms with E-state index in [0.29, 0.717) is 23.8 Å². The van der Waals surface area contributed by atoms with Gasteiger partial charge in [-0.15, -0.1) is 0 Å². The summed E-state index contributed by atoms with van der Waals surface area (Å²) in [6.45, 7) is 4.45. The molecule has 6 nitrogen and oxygen atoms in total. The van der Waals surface area contributed by atoms with Gasteiger partial charge in [0.25, 0.3) is 0 Å². The molecule has 1 aliphatic rings. The first-order chi connectivity index (χ1) is 9.45. The van der Waals surface area contributed by atoms with Gasteiger partial charge in [0.05, 0.1) is 11.1 Å². The monoisotopic (exact) mass is 296 g/mol. The summed E-state index contributed by atoms with van der Waals surface area (Å²) in [4.78, 5) is 29.3. The number of carbonyl (C=O) groups excluding carboxylic acids is 2. The van der Waals surface area contributed by atoms with Crippen molar-refractivity contribution < 1.29 is 9.59 Å². The highest BCUT2D eigenvalue weighted by molar-refractivity contribution is 6.30. The van der Waals surface area contributed by atoms with Crippen LogP contribution in [0, 0.1) is 0 Å². The number of anilines is 1. The second-order valence-corrected chi connectivity index (χ2v) is 5.44. The Balaban J connectivity index is 1.86. The van der Waals surface area contributed by atoms with Crippen LogP contribution in [0.15, 0.2) is 18.3 Å². The molecule has 1 fully saturated rings. The van der Waals surface area contributed by atoms with Gasteiger partial charge in [-0.25, -0.2) is 9.78 Å². The number of hydrogen-bond donors (Lipinski definition) is 2. The van der Waals surface area contributed by atoms with Crippen LogP contribution in [0.1, 0.15) is 20.3 Å². The molecule has 1 unspecified atom stereocenters. The Morgan fingerprint density at radius 2 is 2.25 bits per heavy atom. The van der Waals surface area contributed by atoms with E-state index in [9.17, 15) is 9.59 Å². The van der Waals surface area contributed by atoms with E-state index >= 15 is 0 Å². The van der Waals surface area contributed by atoms with Crippen LogP contribution in [-0.2, 0) is 4.79 Å². The highest BCUT2D eigenvalue weighted by Gasteiger charge is 2.31. The molecule has 20 heavy (non-hydrogen) atoms. The topological polar surface area (TPSA) is 74.3 Å². The third-order valence-corrected chi connectivity index (χ3v) is 3.31. The van der Waals surface area contributed by atoms with Crippen molar-refractivity contribution in [1.82, 2.24) is 15.2 Å². The number of pyridine rings is 1. The van der Waals surface area contributed by atoms with Gasteiger partial charge in [0.15, 0.2) is 0 Å². The Hall–Kier alpha value is -1.82. The number of hydrogen-bond acceptors (Lipinski definition) is 3. The largest absolute Gasteiger partial charge is 0.338 e. The number of urea groups is 1. The zero-order valence-corrected chi connectivity index (χ0v) is 12.1. The fraction of sp³-hybridized carbons (Fsp3) is 0.462. The summed E-state index contributed by atoms with van der Waals surface area (Å²) in [5.41, 5.74) is 0. The molecule has 0 aliphatic carbocycles. The Kier molecular flexibility index (Phi) is 4.44. The third kappa shape index (κ3) is 3.60. The van der Waals surface area contributed by atoms with Crippen LogP contribution in [0.4, 0.5) is 10.6 Å². The molecule has 1 aromatic heterocycles. The highest BCUT2D eigenvalue weighted by Crippen LogP contribution is 2.14. The Morgan fingerprint density at radius 1 is 1.50 bits per heavy atom. The van der Waals surface area contributed by atoms with Gasteiger partial charge in [0.2, 0.25) is 5.91 Å². The van der Waals surface area contributed by atoms with Gasteiger partial charge >= 0.3 is 6.03 Å². The number of amides is 3. The maximum atomic E-state index is 11.8. The summed E-state index contributed by atoms with van der Waals surface area (Å²) in [5, 5.41) is 5.88. The van der Waals surface area contributed by atoms with Crippen molar-refractivity contribution in [3.05, 3.63) is 23.4 Å². The second kappa shape index (κ2) is 6.09. The number of rotatable bonds is 3. The molecule has 2 rings (SSSR count). The predicted molar refractivity (Wildman–Crippen MR) is 76.7 cm³/mol. The number of likely N-dealkylation sites (tertiary alicyclic amines) is 1. The Bertz CT molecular complexity index is 504. The van der Waals surface area contributed by atoms with E-state index in [1.54, 1.807) is 17.0 Å². The number of nitrogens with zero attached hydrogens (tertiary/aromatic N) is 2. The Morgan fingerprint density at radius 3 is 2.80 bits per heavy atom.